The van der Waals surface area contributed by atoms with Crippen molar-refractivity contribution in [1.82, 2.24) is 4.90 Å². The van der Waals surface area contributed by atoms with Gasteiger partial charge in [0.15, 0.2) is 8.32 Å². The van der Waals surface area contributed by atoms with E-state index < -0.39 is 13.9 Å². The predicted molar refractivity (Wildman–Crippen MR) is 111 cm³/mol. The summed E-state index contributed by atoms with van der Waals surface area (Å²) < 4.78 is 12.4. The first-order chi connectivity index (χ1) is 11.3. The summed E-state index contributed by atoms with van der Waals surface area (Å²) in [5.74, 6) is 0. The van der Waals surface area contributed by atoms with E-state index in [1.54, 1.807) is 0 Å². The van der Waals surface area contributed by atoms with Crippen LogP contribution in [0, 0.1) is 0 Å². The zero-order valence-electron chi connectivity index (χ0n) is 17.4. The number of hydrogen-bond acceptors (Lipinski definition) is 3. The van der Waals surface area contributed by atoms with Crippen molar-refractivity contribution in [3.8, 4) is 0 Å². The zero-order chi connectivity index (χ0) is 19.5. The molecule has 2 atom stereocenters. The number of ether oxygens (including phenoxy) is 1. The molecule has 1 amide bonds. The second kappa shape index (κ2) is 8.74. The molecule has 1 fully saturated rings. The number of likely N-dealkylation sites (tertiary alicyclic amines) is 1. The summed E-state index contributed by atoms with van der Waals surface area (Å²) in [7, 11) is -1.88. The number of rotatable bonds is 5. The minimum atomic E-state index is -1.88. The third kappa shape index (κ3) is 6.87. The Labute approximate surface area is 164 Å². The molecule has 0 aliphatic carbocycles. The summed E-state index contributed by atoms with van der Waals surface area (Å²) in [5, 5.41) is 1.11. The Bertz CT molecular complexity index is 443. The molecule has 6 heteroatoms. The van der Waals surface area contributed by atoms with Crippen LogP contribution in [0.25, 0.3) is 0 Å². The van der Waals surface area contributed by atoms with Crippen LogP contribution in [0.1, 0.15) is 67.2 Å². The van der Waals surface area contributed by atoms with E-state index in [0.717, 1.165) is 37.6 Å². The molecule has 0 saturated carbocycles. The second-order valence-electron chi connectivity index (χ2n) is 9.63. The van der Waals surface area contributed by atoms with Gasteiger partial charge in [-0.05, 0) is 64.6 Å². The molecule has 0 aromatic carbocycles. The molecule has 0 spiro atoms. The number of nitrogens with zero attached hydrogens (tertiary/aromatic N) is 1. The molecule has 25 heavy (non-hydrogen) atoms. The van der Waals surface area contributed by atoms with Gasteiger partial charge in [0.05, 0.1) is 12.1 Å². The van der Waals surface area contributed by atoms with E-state index in [0.29, 0.717) is 0 Å². The van der Waals surface area contributed by atoms with Crippen LogP contribution < -0.4 is 0 Å². The maximum Gasteiger partial charge on any atom is 0.410 e. The smallest absolute Gasteiger partial charge is 0.410 e. The van der Waals surface area contributed by atoms with Crippen LogP contribution in [-0.4, -0.2) is 48.9 Å². The predicted octanol–water partition coefficient (Wildman–Crippen LogP) is 5.95. The van der Waals surface area contributed by atoms with Crippen molar-refractivity contribution in [2.75, 3.05) is 11.9 Å². The van der Waals surface area contributed by atoms with Crippen molar-refractivity contribution in [3.05, 3.63) is 0 Å². The Balaban J connectivity index is 2.97. The first kappa shape index (κ1) is 23.0. The highest BCUT2D eigenvalue weighted by Crippen LogP contribution is 2.39. The molecule has 1 heterocycles. The number of amides is 1. The largest absolute Gasteiger partial charge is 0.444 e. The summed E-state index contributed by atoms with van der Waals surface area (Å²) >= 11 is 3.53. The second-order valence-corrected chi connectivity index (χ2v) is 15.2. The van der Waals surface area contributed by atoms with Crippen molar-refractivity contribution >= 4 is 30.3 Å². The third-order valence-corrected chi connectivity index (χ3v) is 10.3. The number of carbonyl (C=O) groups excluding carboxylic acids is 1. The van der Waals surface area contributed by atoms with E-state index in [1.807, 2.05) is 25.7 Å². The van der Waals surface area contributed by atoms with Crippen LogP contribution in [0.5, 0.6) is 0 Å². The number of halogens is 1. The molecule has 1 aliphatic heterocycles. The standard InChI is InChI=1S/C19H38BrNO3Si/c1-18(2,3)23-17(22)21-14-10-12-16(15(21)11-9-13-20)24-25(7,8)19(4,5)6/h15-16H,9-14H2,1-8H3/t15-,16?/m1/s1. The monoisotopic (exact) mass is 435 g/mol. The number of alkyl halides is 1. The molecule has 148 valence electrons. The van der Waals surface area contributed by atoms with Crippen LogP contribution in [0.15, 0.2) is 0 Å². The zero-order valence-corrected chi connectivity index (χ0v) is 20.0. The number of carbonyl (C=O) groups is 1. The molecule has 0 aromatic rings. The molecule has 0 bridgehead atoms. The van der Waals surface area contributed by atoms with Gasteiger partial charge in [-0.1, -0.05) is 36.7 Å². The lowest BCUT2D eigenvalue weighted by molar-refractivity contribution is -0.0213. The maximum absolute atomic E-state index is 12.7. The summed E-state index contributed by atoms with van der Waals surface area (Å²) in [6, 6.07) is 0.107. The molecular formula is C19H38BrNO3Si. The summed E-state index contributed by atoms with van der Waals surface area (Å²) in [6.45, 7) is 17.9. The van der Waals surface area contributed by atoms with Crippen molar-refractivity contribution < 1.29 is 14.0 Å². The van der Waals surface area contributed by atoms with Gasteiger partial charge in [0.1, 0.15) is 5.60 Å². The van der Waals surface area contributed by atoms with E-state index in [-0.39, 0.29) is 23.3 Å². The van der Waals surface area contributed by atoms with Gasteiger partial charge in [0.2, 0.25) is 0 Å². The fourth-order valence-electron chi connectivity index (χ4n) is 2.89. The lowest BCUT2D eigenvalue weighted by atomic mass is 9.95. The highest BCUT2D eigenvalue weighted by molar-refractivity contribution is 9.09. The van der Waals surface area contributed by atoms with E-state index in [1.165, 1.54) is 0 Å². The first-order valence-corrected chi connectivity index (χ1v) is 13.5. The van der Waals surface area contributed by atoms with Crippen molar-refractivity contribution in [1.29, 1.82) is 0 Å². The number of hydrogen-bond donors (Lipinski definition) is 0. The molecule has 0 radical (unpaired) electrons. The van der Waals surface area contributed by atoms with Gasteiger partial charge in [0.25, 0.3) is 0 Å². The van der Waals surface area contributed by atoms with E-state index in [4.69, 9.17) is 9.16 Å². The minimum absolute atomic E-state index is 0.107. The van der Waals surface area contributed by atoms with Gasteiger partial charge < -0.3 is 14.1 Å². The number of piperidine rings is 1. The summed E-state index contributed by atoms with van der Waals surface area (Å²) in [4.78, 5) is 14.7. The molecular weight excluding hydrogens is 398 g/mol. The third-order valence-electron chi connectivity index (χ3n) is 5.23. The lowest BCUT2D eigenvalue weighted by Gasteiger charge is -2.46. The van der Waals surface area contributed by atoms with Gasteiger partial charge in [-0.25, -0.2) is 4.79 Å². The molecule has 0 N–H and O–H groups in total. The van der Waals surface area contributed by atoms with Crippen LogP contribution in [0.3, 0.4) is 0 Å². The van der Waals surface area contributed by atoms with Gasteiger partial charge in [-0.3, -0.25) is 0 Å². The molecule has 1 rings (SSSR count). The Kier molecular flexibility index (Phi) is 8.03. The van der Waals surface area contributed by atoms with Crippen LogP contribution in [0.2, 0.25) is 18.1 Å². The Hall–Kier alpha value is -0.0731. The van der Waals surface area contributed by atoms with E-state index in [2.05, 4.69) is 49.8 Å². The van der Waals surface area contributed by atoms with Gasteiger partial charge in [-0.15, -0.1) is 0 Å². The minimum Gasteiger partial charge on any atom is -0.444 e. The molecule has 1 unspecified atom stereocenters. The van der Waals surface area contributed by atoms with Crippen LogP contribution in [0.4, 0.5) is 4.79 Å². The maximum atomic E-state index is 12.7. The van der Waals surface area contributed by atoms with Gasteiger partial charge in [0, 0.05) is 11.9 Å². The molecule has 4 nitrogen and oxygen atoms in total. The average molecular weight is 437 g/mol. The van der Waals surface area contributed by atoms with E-state index in [9.17, 15) is 4.79 Å². The highest BCUT2D eigenvalue weighted by atomic mass is 79.9. The van der Waals surface area contributed by atoms with Gasteiger partial charge >= 0.3 is 6.09 Å². The SMILES string of the molecule is CC(C)(C)OC(=O)N1CCCC(O[Si](C)(C)C(C)(C)C)[C@H]1CCCBr. The fourth-order valence-corrected chi connectivity index (χ4v) is 4.60. The summed E-state index contributed by atoms with van der Waals surface area (Å²) in [5.41, 5.74) is -0.468. The van der Waals surface area contributed by atoms with Crippen LogP contribution in [-0.2, 0) is 9.16 Å². The van der Waals surface area contributed by atoms with Crippen molar-refractivity contribution in [3.63, 3.8) is 0 Å². The normalized spacial score (nSPS) is 22.8. The van der Waals surface area contributed by atoms with E-state index >= 15 is 0 Å². The quantitative estimate of drug-likeness (QED) is 0.395. The highest BCUT2D eigenvalue weighted by Gasteiger charge is 2.44. The van der Waals surface area contributed by atoms with Crippen LogP contribution >= 0.6 is 15.9 Å². The Morgan fingerprint density at radius 2 is 1.80 bits per heavy atom. The fraction of sp³-hybridized carbons (Fsp3) is 0.947. The lowest BCUT2D eigenvalue weighted by Crippen LogP contribution is -2.56. The van der Waals surface area contributed by atoms with Gasteiger partial charge in [-0.2, -0.15) is 0 Å². The summed E-state index contributed by atoms with van der Waals surface area (Å²) in [6.07, 6.45) is 3.89. The molecule has 0 aromatic heterocycles. The average Bonchev–Trinajstić information content (AvgIpc) is 2.42. The molecule has 1 saturated heterocycles. The Morgan fingerprint density at radius 1 is 1.20 bits per heavy atom. The first-order valence-electron chi connectivity index (χ1n) is 9.52. The van der Waals surface area contributed by atoms with Crippen molar-refractivity contribution in [2.24, 2.45) is 0 Å². The topological polar surface area (TPSA) is 38.8 Å². The Morgan fingerprint density at radius 3 is 2.28 bits per heavy atom. The van der Waals surface area contributed by atoms with Crippen molar-refractivity contribution in [2.45, 2.75) is 103 Å². The molecule has 1 aliphatic rings.